The van der Waals surface area contributed by atoms with Gasteiger partial charge in [-0.3, -0.25) is 4.99 Å². The lowest BCUT2D eigenvalue weighted by molar-refractivity contribution is 0.0259. The summed E-state index contributed by atoms with van der Waals surface area (Å²) in [5.41, 5.74) is 1.32. The number of hydrogen-bond acceptors (Lipinski definition) is 3. The first-order valence-electron chi connectivity index (χ1n) is 10.1. The Morgan fingerprint density at radius 1 is 1.32 bits per heavy atom. The maximum Gasteiger partial charge on any atom is 0.193 e. The summed E-state index contributed by atoms with van der Waals surface area (Å²) in [6.45, 7) is 7.24. The zero-order valence-electron chi connectivity index (χ0n) is 17.0. The summed E-state index contributed by atoms with van der Waals surface area (Å²) in [5, 5.41) is 4.44. The molecule has 28 heavy (non-hydrogen) atoms. The molecule has 0 atom stereocenters. The summed E-state index contributed by atoms with van der Waals surface area (Å²) < 4.78 is 11.4. The molecule has 0 saturated carbocycles. The molecule has 0 amide bonds. The van der Waals surface area contributed by atoms with Crippen LogP contribution in [-0.2, 0) is 14.9 Å². The Kier molecular flexibility index (Phi) is 9.80. The number of hydrogen-bond donors (Lipinski definition) is 1. The number of benzene rings is 1. The number of guanidine groups is 1. The van der Waals surface area contributed by atoms with Crippen molar-refractivity contribution in [2.75, 3.05) is 46.5 Å². The van der Waals surface area contributed by atoms with Gasteiger partial charge in [0.1, 0.15) is 0 Å². The highest BCUT2D eigenvalue weighted by Crippen LogP contribution is 2.35. The molecule has 1 aromatic rings. The van der Waals surface area contributed by atoms with Crippen LogP contribution in [0.15, 0.2) is 29.3 Å². The van der Waals surface area contributed by atoms with E-state index in [4.69, 9.17) is 21.1 Å². The molecule has 0 aromatic heterocycles. The van der Waals surface area contributed by atoms with Gasteiger partial charge < -0.3 is 19.7 Å². The van der Waals surface area contributed by atoms with Crippen LogP contribution in [0.2, 0.25) is 5.02 Å². The lowest BCUT2D eigenvalue weighted by Gasteiger charge is -2.40. The summed E-state index contributed by atoms with van der Waals surface area (Å²) in [7, 11) is 1.87. The zero-order chi connectivity index (χ0) is 19.1. The lowest BCUT2D eigenvalue weighted by atomic mass is 9.74. The van der Waals surface area contributed by atoms with Gasteiger partial charge in [-0.1, -0.05) is 23.7 Å². The van der Waals surface area contributed by atoms with Crippen LogP contribution < -0.4 is 5.32 Å². The van der Waals surface area contributed by atoms with Crippen molar-refractivity contribution in [1.29, 1.82) is 0 Å². The lowest BCUT2D eigenvalue weighted by Crippen LogP contribution is -2.51. The fraction of sp³-hybridized carbons (Fsp3) is 0.667. The first-order chi connectivity index (χ1) is 13.2. The minimum Gasteiger partial charge on any atom is -0.381 e. The standard InChI is InChI=1S/C21H32ClN3O2.HI/c1-3-27-19-7-11-25(12-8-19)20(23-2)24-16-21(9-13-26-14-10-21)17-5-4-6-18(22)15-17;/h4-6,15,19H,3,7-14,16H2,1-2H3,(H,23,24);1H. The van der Waals surface area contributed by atoms with Gasteiger partial charge in [-0.2, -0.15) is 0 Å². The van der Waals surface area contributed by atoms with Crippen molar-refractivity contribution in [2.24, 2.45) is 4.99 Å². The van der Waals surface area contributed by atoms with Gasteiger partial charge in [-0.05, 0) is 50.3 Å². The molecule has 2 aliphatic heterocycles. The van der Waals surface area contributed by atoms with Crippen LogP contribution in [0.25, 0.3) is 0 Å². The van der Waals surface area contributed by atoms with Crippen molar-refractivity contribution in [1.82, 2.24) is 10.2 Å². The Balaban J connectivity index is 0.00000280. The van der Waals surface area contributed by atoms with E-state index < -0.39 is 0 Å². The number of ether oxygens (including phenoxy) is 2. The second-order valence-corrected chi connectivity index (χ2v) is 7.88. The van der Waals surface area contributed by atoms with Gasteiger partial charge in [-0.15, -0.1) is 24.0 Å². The molecule has 0 bridgehead atoms. The summed E-state index contributed by atoms with van der Waals surface area (Å²) in [6, 6.07) is 8.27. The molecular formula is C21H33ClIN3O2. The molecule has 2 fully saturated rings. The molecule has 1 aromatic carbocycles. The molecule has 5 nitrogen and oxygen atoms in total. The van der Waals surface area contributed by atoms with Gasteiger partial charge in [0.25, 0.3) is 0 Å². The topological polar surface area (TPSA) is 46.1 Å². The first kappa shape index (κ1) is 23.7. The molecule has 2 heterocycles. The van der Waals surface area contributed by atoms with Crippen molar-refractivity contribution in [3.05, 3.63) is 34.9 Å². The van der Waals surface area contributed by atoms with Gasteiger partial charge >= 0.3 is 0 Å². The Morgan fingerprint density at radius 3 is 2.64 bits per heavy atom. The maximum absolute atomic E-state index is 6.28. The van der Waals surface area contributed by atoms with Crippen molar-refractivity contribution in [2.45, 2.75) is 44.1 Å². The number of nitrogens with one attached hydrogen (secondary N) is 1. The Bertz CT molecular complexity index is 630. The SMILES string of the molecule is CCOC1CCN(C(=NC)NCC2(c3cccc(Cl)c3)CCOCC2)CC1.I. The minimum absolute atomic E-state index is 0. The van der Waals surface area contributed by atoms with Crippen LogP contribution in [0.5, 0.6) is 0 Å². The number of aliphatic imine (C=N–C) groups is 1. The largest absolute Gasteiger partial charge is 0.381 e. The second kappa shape index (κ2) is 11.6. The fourth-order valence-corrected chi connectivity index (χ4v) is 4.39. The third-order valence-electron chi connectivity index (χ3n) is 5.83. The summed E-state index contributed by atoms with van der Waals surface area (Å²) >= 11 is 6.28. The number of likely N-dealkylation sites (tertiary alicyclic amines) is 1. The molecule has 0 radical (unpaired) electrons. The predicted molar refractivity (Wildman–Crippen MR) is 126 cm³/mol. The Morgan fingerprint density at radius 2 is 2.04 bits per heavy atom. The number of nitrogens with zero attached hydrogens (tertiary/aromatic N) is 2. The Hall–Kier alpha value is -0.570. The molecule has 2 saturated heterocycles. The van der Waals surface area contributed by atoms with Crippen molar-refractivity contribution in [3.63, 3.8) is 0 Å². The fourth-order valence-electron chi connectivity index (χ4n) is 4.20. The average Bonchev–Trinajstić information content (AvgIpc) is 2.70. The quantitative estimate of drug-likeness (QED) is 0.360. The molecule has 3 rings (SSSR count). The number of rotatable bonds is 5. The van der Waals surface area contributed by atoms with E-state index in [2.05, 4.69) is 34.3 Å². The molecule has 0 spiro atoms. The van der Waals surface area contributed by atoms with E-state index in [-0.39, 0.29) is 29.4 Å². The molecule has 1 N–H and O–H groups in total. The number of piperidine rings is 1. The van der Waals surface area contributed by atoms with Crippen LogP contribution >= 0.6 is 35.6 Å². The van der Waals surface area contributed by atoms with Crippen LogP contribution in [0, 0.1) is 0 Å². The van der Waals surface area contributed by atoms with E-state index in [1.165, 1.54) is 5.56 Å². The third kappa shape index (κ3) is 5.97. The molecule has 2 aliphatic rings. The van der Waals surface area contributed by atoms with E-state index in [1.807, 2.05) is 19.2 Å². The van der Waals surface area contributed by atoms with Crippen LogP contribution in [0.4, 0.5) is 0 Å². The highest BCUT2D eigenvalue weighted by molar-refractivity contribution is 14.0. The van der Waals surface area contributed by atoms with Gasteiger partial charge in [0.2, 0.25) is 0 Å². The maximum atomic E-state index is 6.28. The molecule has 0 unspecified atom stereocenters. The highest BCUT2D eigenvalue weighted by atomic mass is 127. The normalized spacial score (nSPS) is 20.5. The van der Waals surface area contributed by atoms with E-state index in [9.17, 15) is 0 Å². The smallest absolute Gasteiger partial charge is 0.193 e. The van der Waals surface area contributed by atoms with Gasteiger partial charge in [0.05, 0.1) is 6.10 Å². The molecule has 158 valence electrons. The highest BCUT2D eigenvalue weighted by Gasteiger charge is 2.35. The van der Waals surface area contributed by atoms with Crippen molar-refractivity contribution < 1.29 is 9.47 Å². The van der Waals surface area contributed by atoms with Crippen LogP contribution in [-0.4, -0.2) is 63.5 Å². The zero-order valence-corrected chi connectivity index (χ0v) is 20.0. The molecular weight excluding hydrogens is 489 g/mol. The van der Waals surface area contributed by atoms with E-state index in [0.717, 1.165) is 76.1 Å². The molecule has 0 aliphatic carbocycles. The Labute approximate surface area is 191 Å². The third-order valence-corrected chi connectivity index (χ3v) is 6.06. The van der Waals surface area contributed by atoms with Gasteiger partial charge in [0, 0.05) is 56.9 Å². The van der Waals surface area contributed by atoms with E-state index in [1.54, 1.807) is 0 Å². The van der Waals surface area contributed by atoms with Crippen LogP contribution in [0.3, 0.4) is 0 Å². The first-order valence-corrected chi connectivity index (χ1v) is 10.5. The van der Waals surface area contributed by atoms with Gasteiger partial charge in [-0.25, -0.2) is 0 Å². The van der Waals surface area contributed by atoms with Crippen molar-refractivity contribution in [3.8, 4) is 0 Å². The summed E-state index contributed by atoms with van der Waals surface area (Å²) in [6.07, 6.45) is 4.48. The van der Waals surface area contributed by atoms with Gasteiger partial charge in [0.15, 0.2) is 5.96 Å². The summed E-state index contributed by atoms with van der Waals surface area (Å²) in [5.74, 6) is 0.984. The summed E-state index contributed by atoms with van der Waals surface area (Å²) in [4.78, 5) is 6.89. The predicted octanol–water partition coefficient (Wildman–Crippen LogP) is 4.08. The van der Waals surface area contributed by atoms with Crippen molar-refractivity contribution >= 4 is 41.5 Å². The van der Waals surface area contributed by atoms with E-state index in [0.29, 0.717) is 6.10 Å². The minimum atomic E-state index is 0. The molecule has 7 heteroatoms. The monoisotopic (exact) mass is 521 g/mol. The van der Waals surface area contributed by atoms with E-state index >= 15 is 0 Å². The van der Waals surface area contributed by atoms with Crippen LogP contribution in [0.1, 0.15) is 38.2 Å². The average molecular weight is 522 g/mol. The number of halogens is 2. The second-order valence-electron chi connectivity index (χ2n) is 7.45.